The fraction of sp³-hybridized carbons (Fsp3) is 0.667. The van der Waals surface area contributed by atoms with E-state index in [0.29, 0.717) is 12.5 Å². The number of ether oxygens (including phenoxy) is 1. The Hall–Kier alpha value is -1.03. The first-order chi connectivity index (χ1) is 8.19. The zero-order valence-electron chi connectivity index (χ0n) is 10.3. The van der Waals surface area contributed by atoms with E-state index in [4.69, 9.17) is 16.3 Å². The van der Waals surface area contributed by atoms with Gasteiger partial charge in [0.15, 0.2) is 0 Å². The Morgan fingerprint density at radius 3 is 3.06 bits per heavy atom. The number of alkyl halides is 1. The lowest BCUT2D eigenvalue weighted by Crippen LogP contribution is -2.37. The fourth-order valence-corrected chi connectivity index (χ4v) is 2.32. The van der Waals surface area contributed by atoms with Crippen molar-refractivity contribution in [1.82, 2.24) is 9.97 Å². The van der Waals surface area contributed by atoms with Crippen molar-refractivity contribution in [3.63, 3.8) is 0 Å². The van der Waals surface area contributed by atoms with Crippen molar-refractivity contribution < 1.29 is 4.74 Å². The molecule has 0 N–H and O–H groups in total. The topological polar surface area (TPSA) is 38.2 Å². The summed E-state index contributed by atoms with van der Waals surface area (Å²) in [5, 5.41) is 0.198. The second-order valence-electron chi connectivity index (χ2n) is 4.27. The molecule has 0 amide bonds. The van der Waals surface area contributed by atoms with Crippen LogP contribution in [0.5, 0.6) is 5.88 Å². The van der Waals surface area contributed by atoms with Gasteiger partial charge in [0.1, 0.15) is 0 Å². The van der Waals surface area contributed by atoms with Crippen LogP contribution in [-0.4, -0.2) is 35.0 Å². The normalized spacial score (nSPS) is 20.4. The molecule has 0 aliphatic carbocycles. The molecular formula is C12H18ClN3O. The molecule has 5 heteroatoms. The van der Waals surface area contributed by atoms with Gasteiger partial charge in [-0.1, -0.05) is 0 Å². The van der Waals surface area contributed by atoms with E-state index >= 15 is 0 Å². The van der Waals surface area contributed by atoms with Gasteiger partial charge in [-0.15, -0.1) is 11.6 Å². The molecule has 1 unspecified atom stereocenters. The zero-order chi connectivity index (χ0) is 12.3. The zero-order valence-corrected chi connectivity index (χ0v) is 11.1. The van der Waals surface area contributed by atoms with Crippen LogP contribution in [0.25, 0.3) is 0 Å². The first kappa shape index (κ1) is 12.4. The molecule has 1 aromatic heterocycles. The third kappa shape index (κ3) is 3.22. The second kappa shape index (κ2) is 5.54. The van der Waals surface area contributed by atoms with Crippen LogP contribution in [0.4, 0.5) is 5.95 Å². The number of piperidine rings is 1. The van der Waals surface area contributed by atoms with E-state index in [0.717, 1.165) is 37.6 Å². The lowest BCUT2D eigenvalue weighted by atomic mass is 10.1. The molecule has 1 aromatic rings. The van der Waals surface area contributed by atoms with Crippen LogP contribution in [0.1, 0.15) is 25.5 Å². The van der Waals surface area contributed by atoms with Gasteiger partial charge in [0.05, 0.1) is 12.0 Å². The number of nitrogens with zero attached hydrogens (tertiary/aromatic N) is 3. The first-order valence-electron chi connectivity index (χ1n) is 6.06. The standard InChI is InChI=1S/C12H18ClN3O/c1-3-17-11-7-9(2)14-12(15-11)16-6-4-5-10(13)8-16/h7,10H,3-6,8H2,1-2H3. The van der Waals surface area contributed by atoms with E-state index in [2.05, 4.69) is 14.9 Å². The number of aryl methyl sites for hydroxylation is 1. The first-order valence-corrected chi connectivity index (χ1v) is 6.50. The van der Waals surface area contributed by atoms with Crippen molar-refractivity contribution in [3.05, 3.63) is 11.8 Å². The maximum atomic E-state index is 6.17. The van der Waals surface area contributed by atoms with Crippen LogP contribution in [0.15, 0.2) is 6.07 Å². The Morgan fingerprint density at radius 1 is 1.53 bits per heavy atom. The smallest absolute Gasteiger partial charge is 0.228 e. The van der Waals surface area contributed by atoms with Crippen LogP contribution >= 0.6 is 11.6 Å². The molecule has 0 bridgehead atoms. The summed E-state index contributed by atoms with van der Waals surface area (Å²) >= 11 is 6.17. The van der Waals surface area contributed by atoms with Crippen LogP contribution in [0.2, 0.25) is 0 Å². The van der Waals surface area contributed by atoms with E-state index in [1.165, 1.54) is 0 Å². The van der Waals surface area contributed by atoms with E-state index in [1.54, 1.807) is 0 Å². The Labute approximate surface area is 107 Å². The molecule has 1 aliphatic rings. The monoisotopic (exact) mass is 255 g/mol. The molecule has 1 aliphatic heterocycles. The Balaban J connectivity index is 2.18. The fourth-order valence-electron chi connectivity index (χ4n) is 1.99. The van der Waals surface area contributed by atoms with Crippen molar-refractivity contribution in [1.29, 1.82) is 0 Å². The van der Waals surface area contributed by atoms with Crippen LogP contribution in [-0.2, 0) is 0 Å². The summed E-state index contributed by atoms with van der Waals surface area (Å²) in [6.45, 7) is 6.31. The van der Waals surface area contributed by atoms with Crippen molar-refractivity contribution in [2.24, 2.45) is 0 Å². The summed E-state index contributed by atoms with van der Waals surface area (Å²) in [5.41, 5.74) is 0.926. The quantitative estimate of drug-likeness (QED) is 0.778. The number of hydrogen-bond donors (Lipinski definition) is 0. The highest BCUT2D eigenvalue weighted by Crippen LogP contribution is 2.21. The van der Waals surface area contributed by atoms with Gasteiger partial charge in [0.25, 0.3) is 0 Å². The van der Waals surface area contributed by atoms with E-state index in [-0.39, 0.29) is 5.38 Å². The Bertz CT molecular complexity index is 386. The number of aromatic nitrogens is 2. The van der Waals surface area contributed by atoms with E-state index in [1.807, 2.05) is 19.9 Å². The molecule has 1 fully saturated rings. The third-order valence-corrected chi connectivity index (χ3v) is 3.11. The molecule has 0 aromatic carbocycles. The van der Waals surface area contributed by atoms with Crippen molar-refractivity contribution in [2.75, 3.05) is 24.6 Å². The predicted molar refractivity (Wildman–Crippen MR) is 69.0 cm³/mol. The highest BCUT2D eigenvalue weighted by molar-refractivity contribution is 6.21. The molecule has 17 heavy (non-hydrogen) atoms. The van der Waals surface area contributed by atoms with Gasteiger partial charge in [-0.05, 0) is 26.7 Å². The molecule has 1 saturated heterocycles. The predicted octanol–water partition coefficient (Wildman–Crippen LogP) is 2.39. The molecule has 2 heterocycles. The molecule has 1 atom stereocenters. The SMILES string of the molecule is CCOc1cc(C)nc(N2CCCC(Cl)C2)n1. The highest BCUT2D eigenvalue weighted by Gasteiger charge is 2.20. The van der Waals surface area contributed by atoms with Gasteiger partial charge in [-0.2, -0.15) is 4.98 Å². The van der Waals surface area contributed by atoms with Crippen molar-refractivity contribution in [3.8, 4) is 5.88 Å². The molecule has 4 nitrogen and oxygen atoms in total. The molecule has 0 spiro atoms. The largest absolute Gasteiger partial charge is 0.478 e. The Kier molecular flexibility index (Phi) is 4.05. The molecular weight excluding hydrogens is 238 g/mol. The van der Waals surface area contributed by atoms with E-state index < -0.39 is 0 Å². The lowest BCUT2D eigenvalue weighted by molar-refractivity contribution is 0.325. The number of hydrogen-bond acceptors (Lipinski definition) is 4. The maximum Gasteiger partial charge on any atom is 0.228 e. The minimum absolute atomic E-state index is 0.198. The average molecular weight is 256 g/mol. The summed E-state index contributed by atoms with van der Waals surface area (Å²) in [7, 11) is 0. The van der Waals surface area contributed by atoms with Gasteiger partial charge in [-0.3, -0.25) is 0 Å². The van der Waals surface area contributed by atoms with Gasteiger partial charge in [0, 0.05) is 24.8 Å². The van der Waals surface area contributed by atoms with Gasteiger partial charge in [0.2, 0.25) is 11.8 Å². The summed E-state index contributed by atoms with van der Waals surface area (Å²) in [6.07, 6.45) is 2.16. The van der Waals surface area contributed by atoms with Crippen molar-refractivity contribution in [2.45, 2.75) is 32.1 Å². The average Bonchev–Trinajstić information content (AvgIpc) is 2.28. The number of anilines is 1. The second-order valence-corrected chi connectivity index (χ2v) is 4.88. The van der Waals surface area contributed by atoms with Gasteiger partial charge in [-0.25, -0.2) is 4.98 Å². The number of halogens is 1. The summed E-state index contributed by atoms with van der Waals surface area (Å²) < 4.78 is 5.43. The van der Waals surface area contributed by atoms with Crippen LogP contribution < -0.4 is 9.64 Å². The maximum absolute atomic E-state index is 6.17. The minimum Gasteiger partial charge on any atom is -0.478 e. The van der Waals surface area contributed by atoms with Gasteiger partial charge < -0.3 is 9.64 Å². The van der Waals surface area contributed by atoms with Crippen molar-refractivity contribution >= 4 is 17.5 Å². The lowest BCUT2D eigenvalue weighted by Gasteiger charge is -2.30. The summed E-state index contributed by atoms with van der Waals surface area (Å²) in [6, 6.07) is 1.86. The van der Waals surface area contributed by atoms with Gasteiger partial charge >= 0.3 is 0 Å². The van der Waals surface area contributed by atoms with E-state index in [9.17, 15) is 0 Å². The molecule has 94 valence electrons. The molecule has 2 rings (SSSR count). The minimum atomic E-state index is 0.198. The molecule has 0 saturated carbocycles. The highest BCUT2D eigenvalue weighted by atomic mass is 35.5. The Morgan fingerprint density at radius 2 is 2.35 bits per heavy atom. The molecule has 0 radical (unpaired) electrons. The third-order valence-electron chi connectivity index (χ3n) is 2.76. The van der Waals surface area contributed by atoms with Crippen LogP contribution in [0, 0.1) is 6.92 Å². The van der Waals surface area contributed by atoms with Crippen LogP contribution in [0.3, 0.4) is 0 Å². The number of rotatable bonds is 3. The summed E-state index contributed by atoms with van der Waals surface area (Å²) in [5.74, 6) is 1.38. The summed E-state index contributed by atoms with van der Waals surface area (Å²) in [4.78, 5) is 11.0.